The highest BCUT2D eigenvalue weighted by molar-refractivity contribution is 5.34. The molecule has 0 bridgehead atoms. The van der Waals surface area contributed by atoms with Gasteiger partial charge in [0.1, 0.15) is 11.6 Å². The summed E-state index contributed by atoms with van der Waals surface area (Å²) in [7, 11) is 0. The van der Waals surface area contributed by atoms with Crippen molar-refractivity contribution in [1.82, 2.24) is 15.0 Å². The maximum Gasteiger partial charge on any atom is 0.218 e. The lowest BCUT2D eigenvalue weighted by Crippen LogP contribution is -2.05. The molecule has 0 aliphatic heterocycles. The van der Waals surface area contributed by atoms with E-state index in [-0.39, 0.29) is 0 Å². The number of nitrogen functional groups attached to an aromatic ring is 1. The van der Waals surface area contributed by atoms with Gasteiger partial charge in [-0.3, -0.25) is 4.98 Å². The summed E-state index contributed by atoms with van der Waals surface area (Å²) in [5.74, 6) is 2.40. The zero-order valence-corrected chi connectivity index (χ0v) is 11.3. The summed E-state index contributed by atoms with van der Waals surface area (Å²) < 4.78 is 5.68. The SMILES string of the molecule is Nc1cc(OCCCc2ccncc2)nc(C2CC2)n1. The van der Waals surface area contributed by atoms with Gasteiger partial charge < -0.3 is 10.5 Å². The lowest BCUT2D eigenvalue weighted by molar-refractivity contribution is 0.298. The third-order valence-corrected chi connectivity index (χ3v) is 3.29. The molecule has 0 amide bonds. The number of ether oxygens (including phenoxy) is 1. The van der Waals surface area contributed by atoms with E-state index in [0.717, 1.165) is 31.5 Å². The molecule has 2 aromatic heterocycles. The van der Waals surface area contributed by atoms with Gasteiger partial charge in [-0.2, -0.15) is 4.98 Å². The van der Waals surface area contributed by atoms with E-state index in [1.54, 1.807) is 6.07 Å². The van der Waals surface area contributed by atoms with Crippen molar-refractivity contribution < 1.29 is 4.74 Å². The molecule has 0 unspecified atom stereocenters. The molecule has 5 heteroatoms. The second kappa shape index (κ2) is 5.86. The quantitative estimate of drug-likeness (QED) is 0.815. The lowest BCUT2D eigenvalue weighted by Gasteiger charge is -2.07. The van der Waals surface area contributed by atoms with Gasteiger partial charge in [-0.25, -0.2) is 4.98 Å². The molecular formula is C15H18N4O. The minimum Gasteiger partial charge on any atom is -0.478 e. The number of pyridine rings is 1. The molecule has 5 nitrogen and oxygen atoms in total. The summed E-state index contributed by atoms with van der Waals surface area (Å²) >= 11 is 0. The first-order chi connectivity index (χ1) is 9.81. The number of aryl methyl sites for hydroxylation is 1. The Morgan fingerprint density at radius 2 is 2.00 bits per heavy atom. The van der Waals surface area contributed by atoms with Crippen molar-refractivity contribution in [2.24, 2.45) is 0 Å². The van der Waals surface area contributed by atoms with Gasteiger partial charge in [-0.15, -0.1) is 0 Å². The molecule has 1 saturated carbocycles. The van der Waals surface area contributed by atoms with Crippen LogP contribution in [0.1, 0.15) is 36.6 Å². The van der Waals surface area contributed by atoms with Crippen molar-refractivity contribution in [2.45, 2.75) is 31.6 Å². The molecule has 2 N–H and O–H groups in total. The highest BCUT2D eigenvalue weighted by Gasteiger charge is 2.27. The molecule has 1 aliphatic rings. The predicted octanol–water partition coefficient (Wildman–Crippen LogP) is 2.34. The smallest absolute Gasteiger partial charge is 0.218 e. The molecule has 0 spiro atoms. The molecule has 0 radical (unpaired) electrons. The highest BCUT2D eigenvalue weighted by atomic mass is 16.5. The first kappa shape index (κ1) is 12.8. The first-order valence-electron chi connectivity index (χ1n) is 6.97. The van der Waals surface area contributed by atoms with Gasteiger partial charge in [0.15, 0.2) is 0 Å². The zero-order valence-electron chi connectivity index (χ0n) is 11.3. The third kappa shape index (κ3) is 3.44. The van der Waals surface area contributed by atoms with Crippen LogP contribution in [0.5, 0.6) is 5.88 Å². The highest BCUT2D eigenvalue weighted by Crippen LogP contribution is 2.38. The van der Waals surface area contributed by atoms with E-state index in [2.05, 4.69) is 15.0 Å². The molecule has 1 fully saturated rings. The molecule has 2 aromatic rings. The standard InChI is InChI=1S/C15H18N4O/c16-13-10-14(19-15(18-13)12-3-4-12)20-9-1-2-11-5-7-17-8-6-11/h5-8,10,12H,1-4,9H2,(H2,16,18,19). The van der Waals surface area contributed by atoms with E-state index < -0.39 is 0 Å². The fourth-order valence-corrected chi connectivity index (χ4v) is 2.06. The van der Waals surface area contributed by atoms with Crippen molar-refractivity contribution in [2.75, 3.05) is 12.3 Å². The summed E-state index contributed by atoms with van der Waals surface area (Å²) in [5, 5.41) is 0. The van der Waals surface area contributed by atoms with Crippen LogP contribution in [0.25, 0.3) is 0 Å². The number of hydrogen-bond acceptors (Lipinski definition) is 5. The minimum atomic E-state index is 0.484. The van der Waals surface area contributed by atoms with Crippen LogP contribution in [0.15, 0.2) is 30.6 Å². The monoisotopic (exact) mass is 270 g/mol. The van der Waals surface area contributed by atoms with Crippen molar-refractivity contribution in [1.29, 1.82) is 0 Å². The zero-order chi connectivity index (χ0) is 13.8. The van der Waals surface area contributed by atoms with Gasteiger partial charge in [-0.05, 0) is 43.4 Å². The van der Waals surface area contributed by atoms with Crippen LogP contribution in [0.4, 0.5) is 5.82 Å². The Kier molecular flexibility index (Phi) is 3.76. The van der Waals surface area contributed by atoms with Gasteiger partial charge >= 0.3 is 0 Å². The Balaban J connectivity index is 1.51. The van der Waals surface area contributed by atoms with Gasteiger partial charge in [0.05, 0.1) is 6.61 Å². The molecular weight excluding hydrogens is 252 g/mol. The van der Waals surface area contributed by atoms with Crippen LogP contribution in [0.2, 0.25) is 0 Å². The van der Waals surface area contributed by atoms with Gasteiger partial charge in [-0.1, -0.05) is 0 Å². The Labute approximate surface area is 118 Å². The number of nitrogens with zero attached hydrogens (tertiary/aromatic N) is 3. The number of aromatic nitrogens is 3. The third-order valence-electron chi connectivity index (χ3n) is 3.29. The fraction of sp³-hybridized carbons (Fsp3) is 0.400. The van der Waals surface area contributed by atoms with E-state index in [9.17, 15) is 0 Å². The van der Waals surface area contributed by atoms with E-state index in [1.807, 2.05) is 24.5 Å². The summed E-state index contributed by atoms with van der Waals surface area (Å²) in [6, 6.07) is 5.74. The summed E-state index contributed by atoms with van der Waals surface area (Å²) in [6.07, 6.45) is 7.84. The van der Waals surface area contributed by atoms with Crippen LogP contribution in [0, 0.1) is 0 Å². The molecule has 0 saturated heterocycles. The number of rotatable bonds is 6. The Morgan fingerprint density at radius 3 is 2.75 bits per heavy atom. The lowest BCUT2D eigenvalue weighted by atomic mass is 10.1. The Bertz CT molecular complexity index is 569. The first-order valence-corrected chi connectivity index (χ1v) is 6.97. The van der Waals surface area contributed by atoms with Crippen molar-refractivity contribution in [3.05, 3.63) is 42.0 Å². The number of nitrogens with two attached hydrogens (primary N) is 1. The Hall–Kier alpha value is -2.17. The Morgan fingerprint density at radius 1 is 1.20 bits per heavy atom. The minimum absolute atomic E-state index is 0.484. The molecule has 0 aromatic carbocycles. The second-order valence-electron chi connectivity index (χ2n) is 5.07. The van der Waals surface area contributed by atoms with Crippen molar-refractivity contribution in [3.63, 3.8) is 0 Å². The number of hydrogen-bond donors (Lipinski definition) is 1. The normalized spacial score (nSPS) is 14.2. The van der Waals surface area contributed by atoms with Crippen LogP contribution in [-0.4, -0.2) is 21.6 Å². The molecule has 1 aliphatic carbocycles. The predicted molar refractivity (Wildman–Crippen MR) is 76.5 cm³/mol. The van der Waals surface area contributed by atoms with Crippen LogP contribution >= 0.6 is 0 Å². The second-order valence-corrected chi connectivity index (χ2v) is 5.07. The fourth-order valence-electron chi connectivity index (χ4n) is 2.06. The molecule has 20 heavy (non-hydrogen) atoms. The maximum absolute atomic E-state index is 5.78. The summed E-state index contributed by atoms with van der Waals surface area (Å²) in [6.45, 7) is 0.628. The molecule has 104 valence electrons. The molecule has 3 rings (SSSR count). The molecule has 2 heterocycles. The van der Waals surface area contributed by atoms with E-state index in [0.29, 0.717) is 24.2 Å². The summed E-state index contributed by atoms with van der Waals surface area (Å²) in [4.78, 5) is 12.7. The summed E-state index contributed by atoms with van der Waals surface area (Å²) in [5.41, 5.74) is 7.05. The maximum atomic E-state index is 5.78. The molecule has 0 atom stereocenters. The van der Waals surface area contributed by atoms with Gasteiger partial charge in [0.25, 0.3) is 0 Å². The van der Waals surface area contributed by atoms with Crippen LogP contribution in [-0.2, 0) is 6.42 Å². The average molecular weight is 270 g/mol. The topological polar surface area (TPSA) is 73.9 Å². The van der Waals surface area contributed by atoms with E-state index >= 15 is 0 Å². The largest absolute Gasteiger partial charge is 0.478 e. The van der Waals surface area contributed by atoms with Crippen LogP contribution in [0.3, 0.4) is 0 Å². The average Bonchev–Trinajstić information content (AvgIpc) is 3.29. The van der Waals surface area contributed by atoms with E-state index in [1.165, 1.54) is 5.56 Å². The van der Waals surface area contributed by atoms with Crippen molar-refractivity contribution >= 4 is 5.82 Å². The van der Waals surface area contributed by atoms with Gasteiger partial charge in [0, 0.05) is 24.4 Å². The number of anilines is 1. The van der Waals surface area contributed by atoms with Crippen molar-refractivity contribution in [3.8, 4) is 5.88 Å². The van der Waals surface area contributed by atoms with Gasteiger partial charge in [0.2, 0.25) is 5.88 Å². The van der Waals surface area contributed by atoms with E-state index in [4.69, 9.17) is 10.5 Å². The van der Waals surface area contributed by atoms with Crippen LogP contribution < -0.4 is 10.5 Å².